The van der Waals surface area contributed by atoms with Crippen molar-refractivity contribution < 1.29 is 14.3 Å². The highest BCUT2D eigenvalue weighted by Gasteiger charge is 2.41. The van der Waals surface area contributed by atoms with Crippen molar-refractivity contribution in [1.29, 1.82) is 0 Å². The normalized spacial score (nSPS) is 18.7. The summed E-state index contributed by atoms with van der Waals surface area (Å²) < 4.78 is 11.0. The topological polar surface area (TPSA) is 47.6 Å². The molecule has 1 aromatic rings. The molecule has 1 fully saturated rings. The molecule has 1 aliphatic carbocycles. The lowest BCUT2D eigenvalue weighted by atomic mass is 9.90. The molecule has 0 saturated heterocycles. The van der Waals surface area contributed by atoms with E-state index in [-0.39, 0.29) is 12.1 Å². The first-order valence-electron chi connectivity index (χ1n) is 7.17. The molecule has 0 aromatic heterocycles. The summed E-state index contributed by atoms with van der Waals surface area (Å²) in [6.07, 6.45) is 4.84. The fourth-order valence-corrected chi connectivity index (χ4v) is 2.77. The largest absolute Gasteiger partial charge is 0.467 e. The third kappa shape index (κ3) is 3.02. The Balaban J connectivity index is 2.20. The van der Waals surface area contributed by atoms with E-state index < -0.39 is 5.54 Å². The minimum Gasteiger partial charge on any atom is -0.467 e. The molecule has 110 valence electrons. The average molecular weight is 277 g/mol. The van der Waals surface area contributed by atoms with Crippen molar-refractivity contribution in [2.75, 3.05) is 20.8 Å². The van der Waals surface area contributed by atoms with Gasteiger partial charge in [-0.1, -0.05) is 43.2 Å². The summed E-state index contributed by atoms with van der Waals surface area (Å²) in [7, 11) is 3.18. The molecule has 0 spiro atoms. The molecule has 1 aromatic carbocycles. The molecule has 2 rings (SSSR count). The number of nitrogens with one attached hydrogen (secondary N) is 1. The lowest BCUT2D eigenvalue weighted by Gasteiger charge is -2.32. The van der Waals surface area contributed by atoms with E-state index in [0.29, 0.717) is 6.61 Å². The summed E-state index contributed by atoms with van der Waals surface area (Å²) in [6, 6.07) is 9.61. The molecular formula is C16H23NO3. The van der Waals surface area contributed by atoms with Gasteiger partial charge in [0.05, 0.1) is 19.8 Å². The van der Waals surface area contributed by atoms with Crippen LogP contribution in [0.2, 0.25) is 0 Å². The first-order chi connectivity index (χ1) is 9.73. The van der Waals surface area contributed by atoms with Gasteiger partial charge in [0.2, 0.25) is 0 Å². The van der Waals surface area contributed by atoms with Crippen molar-refractivity contribution in [2.45, 2.75) is 37.3 Å². The number of likely N-dealkylation sites (N-methyl/N-ethyl adjacent to an activating group) is 1. The van der Waals surface area contributed by atoms with Crippen LogP contribution in [0.4, 0.5) is 0 Å². The van der Waals surface area contributed by atoms with Crippen molar-refractivity contribution in [3.8, 4) is 0 Å². The standard InChI is InChI=1S/C16H23NO3/c1-17-16(15(18)19-2,13-8-4-3-5-9-13)12-20-14-10-6-7-11-14/h3-5,8-9,14,17H,6-7,10-12H2,1-2H3. The number of hydrogen-bond donors (Lipinski definition) is 1. The van der Waals surface area contributed by atoms with E-state index in [2.05, 4.69) is 5.32 Å². The van der Waals surface area contributed by atoms with Gasteiger partial charge in [-0.25, -0.2) is 4.79 Å². The third-order valence-electron chi connectivity index (χ3n) is 4.06. The quantitative estimate of drug-likeness (QED) is 0.810. The van der Waals surface area contributed by atoms with Crippen LogP contribution in [0.5, 0.6) is 0 Å². The predicted molar refractivity (Wildman–Crippen MR) is 77.4 cm³/mol. The Labute approximate surface area is 120 Å². The smallest absolute Gasteiger partial charge is 0.333 e. The van der Waals surface area contributed by atoms with Crippen LogP contribution in [0.3, 0.4) is 0 Å². The lowest BCUT2D eigenvalue weighted by molar-refractivity contribution is -0.153. The van der Waals surface area contributed by atoms with E-state index >= 15 is 0 Å². The molecule has 0 heterocycles. The number of ether oxygens (including phenoxy) is 2. The van der Waals surface area contributed by atoms with Gasteiger partial charge in [0, 0.05) is 0 Å². The van der Waals surface area contributed by atoms with Crippen LogP contribution < -0.4 is 5.32 Å². The summed E-state index contributed by atoms with van der Waals surface area (Å²) in [5.41, 5.74) is -0.0640. The van der Waals surface area contributed by atoms with Crippen LogP contribution >= 0.6 is 0 Å². The molecule has 1 N–H and O–H groups in total. The van der Waals surface area contributed by atoms with Gasteiger partial charge in [-0.15, -0.1) is 0 Å². The maximum Gasteiger partial charge on any atom is 0.333 e. The van der Waals surface area contributed by atoms with Crippen molar-refractivity contribution in [1.82, 2.24) is 5.32 Å². The average Bonchev–Trinajstić information content (AvgIpc) is 3.02. The second-order valence-corrected chi connectivity index (χ2v) is 5.23. The molecule has 1 unspecified atom stereocenters. The van der Waals surface area contributed by atoms with Gasteiger partial charge in [0.25, 0.3) is 0 Å². The number of hydrogen-bond acceptors (Lipinski definition) is 4. The summed E-state index contributed by atoms with van der Waals surface area (Å²) in [4.78, 5) is 12.3. The minimum atomic E-state index is -0.932. The fraction of sp³-hybridized carbons (Fsp3) is 0.562. The molecule has 0 radical (unpaired) electrons. The van der Waals surface area contributed by atoms with Crippen LogP contribution in [0, 0.1) is 0 Å². The Morgan fingerprint density at radius 3 is 2.50 bits per heavy atom. The summed E-state index contributed by atoms with van der Waals surface area (Å²) in [6.45, 7) is 0.296. The van der Waals surface area contributed by atoms with Gasteiger partial charge in [-0.3, -0.25) is 5.32 Å². The van der Waals surface area contributed by atoms with E-state index in [4.69, 9.17) is 9.47 Å². The van der Waals surface area contributed by atoms with Gasteiger partial charge in [-0.05, 0) is 25.5 Å². The van der Waals surface area contributed by atoms with Crippen molar-refractivity contribution in [3.63, 3.8) is 0 Å². The Morgan fingerprint density at radius 1 is 1.30 bits per heavy atom. The monoisotopic (exact) mass is 277 g/mol. The first-order valence-corrected chi connectivity index (χ1v) is 7.17. The highest BCUT2D eigenvalue weighted by molar-refractivity contribution is 5.82. The first kappa shape index (κ1) is 15.0. The Morgan fingerprint density at radius 2 is 1.95 bits per heavy atom. The van der Waals surface area contributed by atoms with Gasteiger partial charge in [0.15, 0.2) is 5.54 Å². The summed E-state index contributed by atoms with van der Waals surface area (Å²) >= 11 is 0. The second kappa shape index (κ2) is 6.86. The maximum atomic E-state index is 12.3. The Kier molecular flexibility index (Phi) is 5.15. The molecule has 1 saturated carbocycles. The van der Waals surface area contributed by atoms with E-state index in [0.717, 1.165) is 18.4 Å². The molecule has 20 heavy (non-hydrogen) atoms. The zero-order valence-corrected chi connectivity index (χ0v) is 12.2. The van der Waals surface area contributed by atoms with Crippen molar-refractivity contribution in [2.24, 2.45) is 0 Å². The second-order valence-electron chi connectivity index (χ2n) is 5.23. The highest BCUT2D eigenvalue weighted by atomic mass is 16.5. The van der Waals surface area contributed by atoms with Crippen LogP contribution in [-0.2, 0) is 19.8 Å². The van der Waals surface area contributed by atoms with Gasteiger partial charge in [-0.2, -0.15) is 0 Å². The number of carbonyl (C=O) groups excluding carboxylic acids is 1. The Bertz CT molecular complexity index is 429. The zero-order valence-electron chi connectivity index (χ0n) is 12.2. The van der Waals surface area contributed by atoms with Crippen LogP contribution in [-0.4, -0.2) is 32.8 Å². The molecule has 4 nitrogen and oxygen atoms in total. The van der Waals surface area contributed by atoms with E-state index in [1.807, 2.05) is 30.3 Å². The van der Waals surface area contributed by atoms with Gasteiger partial charge in [0.1, 0.15) is 0 Å². The summed E-state index contributed by atoms with van der Waals surface area (Å²) in [5.74, 6) is -0.316. The van der Waals surface area contributed by atoms with E-state index in [1.165, 1.54) is 20.0 Å². The van der Waals surface area contributed by atoms with Gasteiger partial charge >= 0.3 is 5.97 Å². The van der Waals surface area contributed by atoms with Crippen molar-refractivity contribution >= 4 is 5.97 Å². The van der Waals surface area contributed by atoms with Crippen LogP contribution in [0.15, 0.2) is 30.3 Å². The number of methoxy groups -OCH3 is 1. The van der Waals surface area contributed by atoms with E-state index in [1.54, 1.807) is 7.05 Å². The van der Waals surface area contributed by atoms with Crippen LogP contribution in [0.25, 0.3) is 0 Å². The number of benzene rings is 1. The highest BCUT2D eigenvalue weighted by Crippen LogP contribution is 2.27. The third-order valence-corrected chi connectivity index (χ3v) is 4.06. The zero-order chi connectivity index (χ0) is 14.4. The number of esters is 1. The van der Waals surface area contributed by atoms with E-state index in [9.17, 15) is 4.79 Å². The molecular weight excluding hydrogens is 254 g/mol. The molecule has 1 aliphatic rings. The molecule has 0 bridgehead atoms. The number of carbonyl (C=O) groups is 1. The predicted octanol–water partition coefficient (Wildman–Crippen LogP) is 2.23. The van der Waals surface area contributed by atoms with Crippen molar-refractivity contribution in [3.05, 3.63) is 35.9 Å². The lowest BCUT2D eigenvalue weighted by Crippen LogP contribution is -2.52. The molecule has 0 aliphatic heterocycles. The Hall–Kier alpha value is -1.39. The minimum absolute atomic E-state index is 0.260. The molecule has 4 heteroatoms. The summed E-state index contributed by atoms with van der Waals surface area (Å²) in [5, 5.41) is 3.11. The fourth-order valence-electron chi connectivity index (χ4n) is 2.77. The molecule has 1 atom stereocenters. The SMILES string of the molecule is CNC(COC1CCCC1)(C(=O)OC)c1ccccc1. The number of rotatable bonds is 6. The van der Waals surface area contributed by atoms with Gasteiger partial charge < -0.3 is 9.47 Å². The van der Waals surface area contributed by atoms with Crippen LogP contribution in [0.1, 0.15) is 31.2 Å². The maximum absolute atomic E-state index is 12.3. The molecule has 0 amide bonds.